The summed E-state index contributed by atoms with van der Waals surface area (Å²) in [7, 11) is -3.90. The molecule has 1 N–H and O–H groups in total. The highest BCUT2D eigenvalue weighted by molar-refractivity contribution is 7.88. The van der Waals surface area contributed by atoms with Gasteiger partial charge in [0.25, 0.3) is 0 Å². The van der Waals surface area contributed by atoms with E-state index >= 15 is 0 Å². The molecular formula is C20H28F4N2O4S. The summed E-state index contributed by atoms with van der Waals surface area (Å²) in [6.45, 7) is 7.97. The van der Waals surface area contributed by atoms with Crippen molar-refractivity contribution in [2.45, 2.75) is 70.3 Å². The van der Waals surface area contributed by atoms with Crippen LogP contribution in [-0.4, -0.2) is 42.8 Å². The standard InChI is InChI=1S/C20H28F4N2O4S/c1-17(2,3)30-16(27)25-18(4,5)12-26(31(6,28)29)19(9-10-19)13-7-8-15(21)14(11-13)20(22,23)24/h7-8,11H,9-10,12H2,1-6H3,(H,25,27). The van der Waals surface area contributed by atoms with E-state index < -0.39 is 50.4 Å². The predicted octanol–water partition coefficient (Wildman–Crippen LogP) is 4.40. The van der Waals surface area contributed by atoms with Crippen LogP contribution in [-0.2, 0) is 26.5 Å². The summed E-state index contributed by atoms with van der Waals surface area (Å²) in [5.41, 5.74) is -4.51. The normalized spacial score (nSPS) is 16.9. The summed E-state index contributed by atoms with van der Waals surface area (Å²) < 4.78 is 84.8. The van der Waals surface area contributed by atoms with Crippen LogP contribution in [0.15, 0.2) is 18.2 Å². The molecule has 176 valence electrons. The van der Waals surface area contributed by atoms with Gasteiger partial charge in [-0.2, -0.15) is 17.5 Å². The maximum Gasteiger partial charge on any atom is 0.419 e. The van der Waals surface area contributed by atoms with Gasteiger partial charge in [-0.05, 0) is 65.2 Å². The summed E-state index contributed by atoms with van der Waals surface area (Å²) in [5.74, 6) is -1.43. The second kappa shape index (κ2) is 7.91. The number of carbonyl (C=O) groups excluding carboxylic acids is 1. The highest BCUT2D eigenvalue weighted by atomic mass is 32.2. The molecule has 0 aliphatic heterocycles. The lowest BCUT2D eigenvalue weighted by atomic mass is 9.99. The van der Waals surface area contributed by atoms with Crippen molar-refractivity contribution in [2.75, 3.05) is 12.8 Å². The molecule has 31 heavy (non-hydrogen) atoms. The summed E-state index contributed by atoms with van der Waals surface area (Å²) in [6.07, 6.45) is -4.18. The maximum atomic E-state index is 13.7. The van der Waals surface area contributed by atoms with Crippen molar-refractivity contribution in [3.63, 3.8) is 0 Å². The van der Waals surface area contributed by atoms with Crippen LogP contribution < -0.4 is 5.32 Å². The van der Waals surface area contributed by atoms with Gasteiger partial charge in [-0.1, -0.05) is 6.07 Å². The lowest BCUT2D eigenvalue weighted by Gasteiger charge is -2.37. The molecule has 1 aliphatic carbocycles. The number of alkyl halides is 3. The van der Waals surface area contributed by atoms with E-state index in [-0.39, 0.29) is 24.9 Å². The van der Waals surface area contributed by atoms with Crippen LogP contribution in [0.3, 0.4) is 0 Å². The molecule has 0 bridgehead atoms. The van der Waals surface area contributed by atoms with Crippen molar-refractivity contribution >= 4 is 16.1 Å². The molecule has 1 aliphatic rings. The lowest BCUT2D eigenvalue weighted by molar-refractivity contribution is -0.140. The molecule has 1 amide bonds. The van der Waals surface area contributed by atoms with Crippen molar-refractivity contribution in [1.82, 2.24) is 9.62 Å². The van der Waals surface area contributed by atoms with Gasteiger partial charge in [-0.15, -0.1) is 0 Å². The minimum atomic E-state index is -4.91. The molecule has 6 nitrogen and oxygen atoms in total. The lowest BCUT2D eigenvalue weighted by Crippen LogP contribution is -2.55. The minimum Gasteiger partial charge on any atom is -0.444 e. The minimum absolute atomic E-state index is 0.0553. The second-order valence-corrected chi connectivity index (χ2v) is 11.4. The summed E-state index contributed by atoms with van der Waals surface area (Å²) in [6, 6.07) is 2.53. The first kappa shape index (κ1) is 25.4. The first-order valence-electron chi connectivity index (χ1n) is 9.63. The largest absolute Gasteiger partial charge is 0.444 e. The van der Waals surface area contributed by atoms with Crippen molar-refractivity contribution in [3.05, 3.63) is 35.1 Å². The average Bonchev–Trinajstić information content (AvgIpc) is 3.29. The van der Waals surface area contributed by atoms with Crippen LogP contribution in [0, 0.1) is 5.82 Å². The molecular weight excluding hydrogens is 440 g/mol. The molecule has 1 aromatic carbocycles. The topological polar surface area (TPSA) is 75.7 Å². The fraction of sp³-hybridized carbons (Fsp3) is 0.650. The molecule has 11 heteroatoms. The van der Waals surface area contributed by atoms with Gasteiger partial charge < -0.3 is 10.1 Å². The summed E-state index contributed by atoms with van der Waals surface area (Å²) >= 11 is 0. The third kappa shape index (κ3) is 6.31. The van der Waals surface area contributed by atoms with Crippen LogP contribution in [0.2, 0.25) is 0 Å². The van der Waals surface area contributed by atoms with E-state index in [1.165, 1.54) is 6.07 Å². The Morgan fingerprint density at radius 3 is 2.13 bits per heavy atom. The summed E-state index contributed by atoms with van der Waals surface area (Å²) in [4.78, 5) is 12.2. The molecule has 0 saturated heterocycles. The van der Waals surface area contributed by atoms with Gasteiger partial charge >= 0.3 is 12.3 Å². The van der Waals surface area contributed by atoms with Crippen LogP contribution in [0.4, 0.5) is 22.4 Å². The molecule has 0 atom stereocenters. The molecule has 1 aromatic rings. The van der Waals surface area contributed by atoms with Crippen LogP contribution in [0.1, 0.15) is 58.6 Å². The zero-order chi connectivity index (χ0) is 24.0. The van der Waals surface area contributed by atoms with E-state index in [0.717, 1.165) is 10.6 Å². The predicted molar refractivity (Wildman–Crippen MR) is 107 cm³/mol. The number of nitrogens with zero attached hydrogens (tertiary/aromatic N) is 1. The Morgan fingerprint density at radius 2 is 1.71 bits per heavy atom. The van der Waals surface area contributed by atoms with Crippen LogP contribution >= 0.6 is 0 Å². The zero-order valence-corrected chi connectivity index (χ0v) is 19.2. The number of ether oxygens (including phenoxy) is 1. The number of amides is 1. The summed E-state index contributed by atoms with van der Waals surface area (Å²) in [5, 5.41) is 2.60. The first-order valence-corrected chi connectivity index (χ1v) is 11.5. The number of halogens is 4. The van der Waals surface area contributed by atoms with Crippen molar-refractivity contribution in [3.8, 4) is 0 Å². The monoisotopic (exact) mass is 468 g/mol. The Labute approximate surface area is 180 Å². The van der Waals surface area contributed by atoms with Gasteiger partial charge in [-0.25, -0.2) is 17.6 Å². The van der Waals surface area contributed by atoms with Gasteiger partial charge in [0, 0.05) is 6.54 Å². The Kier molecular flexibility index (Phi) is 6.48. The van der Waals surface area contributed by atoms with Crippen LogP contribution in [0.25, 0.3) is 0 Å². The Balaban J connectivity index is 2.39. The van der Waals surface area contributed by atoms with Gasteiger partial charge in [0.1, 0.15) is 11.4 Å². The average molecular weight is 469 g/mol. The van der Waals surface area contributed by atoms with Crippen LogP contribution in [0.5, 0.6) is 0 Å². The number of rotatable bonds is 6. The molecule has 0 spiro atoms. The smallest absolute Gasteiger partial charge is 0.419 e. The fourth-order valence-electron chi connectivity index (χ4n) is 3.40. The SMILES string of the molecule is CC(C)(CN(C1(c2ccc(F)c(C(F)(F)F)c2)CC1)S(C)(=O)=O)NC(=O)OC(C)(C)C. The third-order valence-corrected chi connectivity index (χ3v) is 6.07. The molecule has 1 saturated carbocycles. The van der Waals surface area contributed by atoms with Crippen molar-refractivity contribution in [1.29, 1.82) is 0 Å². The van der Waals surface area contributed by atoms with Crippen molar-refractivity contribution < 1.29 is 35.5 Å². The van der Waals surface area contributed by atoms with E-state index in [4.69, 9.17) is 4.74 Å². The Hall–Kier alpha value is -1.88. The van der Waals surface area contributed by atoms with Gasteiger partial charge in [0.2, 0.25) is 10.0 Å². The van der Waals surface area contributed by atoms with E-state index in [1.807, 2.05) is 0 Å². The van der Waals surface area contributed by atoms with E-state index in [0.29, 0.717) is 12.1 Å². The number of carbonyl (C=O) groups is 1. The van der Waals surface area contributed by atoms with Gasteiger partial charge in [0.05, 0.1) is 22.9 Å². The molecule has 0 radical (unpaired) electrons. The molecule has 2 rings (SSSR count). The molecule has 0 aromatic heterocycles. The third-order valence-electron chi connectivity index (χ3n) is 4.79. The van der Waals surface area contributed by atoms with E-state index in [9.17, 15) is 30.8 Å². The number of benzene rings is 1. The number of hydrogen-bond donors (Lipinski definition) is 1. The highest BCUT2D eigenvalue weighted by Gasteiger charge is 2.55. The quantitative estimate of drug-likeness (QED) is 0.628. The molecule has 0 unspecified atom stereocenters. The highest BCUT2D eigenvalue weighted by Crippen LogP contribution is 2.53. The van der Waals surface area contributed by atoms with Gasteiger partial charge in [-0.3, -0.25) is 0 Å². The van der Waals surface area contributed by atoms with E-state index in [1.54, 1.807) is 34.6 Å². The maximum absolute atomic E-state index is 13.7. The number of alkyl carbamates (subject to hydrolysis) is 1. The second-order valence-electron chi connectivity index (χ2n) is 9.50. The van der Waals surface area contributed by atoms with Gasteiger partial charge in [0.15, 0.2) is 0 Å². The number of nitrogens with one attached hydrogen (secondary N) is 1. The Bertz CT molecular complexity index is 949. The van der Waals surface area contributed by atoms with E-state index in [2.05, 4.69) is 5.32 Å². The number of hydrogen-bond acceptors (Lipinski definition) is 4. The first-order chi connectivity index (χ1) is 13.8. The molecule has 1 fully saturated rings. The fourth-order valence-corrected chi connectivity index (χ4v) is 4.88. The van der Waals surface area contributed by atoms with Crippen molar-refractivity contribution in [2.24, 2.45) is 0 Å². The number of sulfonamides is 1. The molecule has 0 heterocycles. The Morgan fingerprint density at radius 1 is 1.16 bits per heavy atom. The zero-order valence-electron chi connectivity index (χ0n) is 18.4.